The van der Waals surface area contributed by atoms with E-state index in [0.717, 1.165) is 43.4 Å². The second kappa shape index (κ2) is 6.02. The van der Waals surface area contributed by atoms with Gasteiger partial charge in [-0.3, -0.25) is 4.68 Å². The molecule has 0 aliphatic heterocycles. The Bertz CT molecular complexity index is 617. The summed E-state index contributed by atoms with van der Waals surface area (Å²) < 4.78 is 2.09. The number of aliphatic hydroxyl groups excluding tert-OH is 1. The molecule has 3 nitrogen and oxygen atoms in total. The van der Waals surface area contributed by atoms with Gasteiger partial charge in [-0.2, -0.15) is 5.10 Å². The van der Waals surface area contributed by atoms with Gasteiger partial charge in [0.25, 0.3) is 0 Å². The third-order valence-corrected chi connectivity index (χ3v) is 4.59. The molecule has 1 aromatic carbocycles. The zero-order chi connectivity index (χ0) is 14.8. The smallest absolute Gasteiger partial charge is 0.102 e. The third-order valence-electron chi connectivity index (χ3n) is 4.59. The maximum atomic E-state index is 10.9. The summed E-state index contributed by atoms with van der Waals surface area (Å²) in [6.07, 6.45) is 4.57. The summed E-state index contributed by atoms with van der Waals surface area (Å²) in [6.45, 7) is 4.29. The van der Waals surface area contributed by atoms with Crippen molar-refractivity contribution in [1.29, 1.82) is 0 Å². The molecular weight excluding hydrogens is 260 g/mol. The van der Waals surface area contributed by atoms with Crippen LogP contribution in [0.15, 0.2) is 30.3 Å². The van der Waals surface area contributed by atoms with Crippen LogP contribution < -0.4 is 0 Å². The number of nitrogens with zero attached hydrogens (tertiary/aromatic N) is 2. The molecule has 0 amide bonds. The van der Waals surface area contributed by atoms with Crippen molar-refractivity contribution < 1.29 is 5.11 Å². The van der Waals surface area contributed by atoms with Crippen molar-refractivity contribution in [3.8, 4) is 0 Å². The predicted molar refractivity (Wildman–Crippen MR) is 84.4 cm³/mol. The van der Waals surface area contributed by atoms with E-state index in [-0.39, 0.29) is 6.04 Å². The van der Waals surface area contributed by atoms with Crippen LogP contribution in [0.1, 0.15) is 61.3 Å². The molecule has 1 N–H and O–H groups in total. The van der Waals surface area contributed by atoms with E-state index in [9.17, 15) is 5.11 Å². The SMILES string of the molecule is CCc1cc(CC)n(C2CCCc3ccccc3C2O)n1. The summed E-state index contributed by atoms with van der Waals surface area (Å²) >= 11 is 0. The summed E-state index contributed by atoms with van der Waals surface area (Å²) in [4.78, 5) is 0. The number of hydrogen-bond acceptors (Lipinski definition) is 2. The van der Waals surface area contributed by atoms with Crippen molar-refractivity contribution in [2.24, 2.45) is 0 Å². The normalized spacial score (nSPS) is 21.9. The molecule has 1 aliphatic rings. The van der Waals surface area contributed by atoms with Gasteiger partial charge in [-0.1, -0.05) is 38.1 Å². The highest BCUT2D eigenvalue weighted by Crippen LogP contribution is 2.36. The first-order chi connectivity index (χ1) is 10.2. The van der Waals surface area contributed by atoms with E-state index in [1.165, 1.54) is 11.3 Å². The van der Waals surface area contributed by atoms with E-state index in [4.69, 9.17) is 5.10 Å². The van der Waals surface area contributed by atoms with Crippen LogP contribution in [0.3, 0.4) is 0 Å². The lowest BCUT2D eigenvalue weighted by molar-refractivity contribution is 0.101. The number of fused-ring (bicyclic) bond motifs is 1. The number of hydrogen-bond donors (Lipinski definition) is 1. The first-order valence-electron chi connectivity index (χ1n) is 8.07. The van der Waals surface area contributed by atoms with Gasteiger partial charge in [0.2, 0.25) is 0 Å². The van der Waals surface area contributed by atoms with Gasteiger partial charge in [-0.15, -0.1) is 0 Å². The van der Waals surface area contributed by atoms with E-state index in [1.54, 1.807) is 0 Å². The molecule has 1 aromatic heterocycles. The summed E-state index contributed by atoms with van der Waals surface area (Å²) in [6, 6.07) is 10.5. The average Bonchev–Trinajstić information content (AvgIpc) is 2.87. The highest BCUT2D eigenvalue weighted by molar-refractivity contribution is 5.31. The van der Waals surface area contributed by atoms with Gasteiger partial charge >= 0.3 is 0 Å². The fourth-order valence-corrected chi connectivity index (χ4v) is 3.39. The molecule has 1 heterocycles. The molecule has 0 saturated heterocycles. The fourth-order valence-electron chi connectivity index (χ4n) is 3.39. The van der Waals surface area contributed by atoms with Gasteiger partial charge in [0.1, 0.15) is 6.10 Å². The van der Waals surface area contributed by atoms with E-state index >= 15 is 0 Å². The van der Waals surface area contributed by atoms with Crippen LogP contribution in [0.5, 0.6) is 0 Å². The number of rotatable bonds is 3. The van der Waals surface area contributed by atoms with Crippen molar-refractivity contribution in [2.75, 3.05) is 0 Å². The number of aryl methyl sites for hydroxylation is 3. The minimum absolute atomic E-state index is 0.0592. The number of aliphatic hydroxyl groups is 1. The monoisotopic (exact) mass is 284 g/mol. The minimum Gasteiger partial charge on any atom is -0.386 e. The second-order valence-electron chi connectivity index (χ2n) is 5.88. The Morgan fingerprint density at radius 3 is 2.81 bits per heavy atom. The quantitative estimate of drug-likeness (QED) is 0.874. The van der Waals surface area contributed by atoms with Gasteiger partial charge in [-0.25, -0.2) is 0 Å². The van der Waals surface area contributed by atoms with Crippen molar-refractivity contribution in [2.45, 2.75) is 58.1 Å². The molecule has 3 rings (SSSR count). The van der Waals surface area contributed by atoms with Gasteiger partial charge in [0.15, 0.2) is 0 Å². The Morgan fingerprint density at radius 1 is 1.24 bits per heavy atom. The van der Waals surface area contributed by atoms with Gasteiger partial charge in [0, 0.05) is 5.69 Å². The molecule has 0 radical (unpaired) electrons. The van der Waals surface area contributed by atoms with Crippen molar-refractivity contribution in [3.05, 3.63) is 52.8 Å². The highest BCUT2D eigenvalue weighted by atomic mass is 16.3. The molecule has 0 spiro atoms. The second-order valence-corrected chi connectivity index (χ2v) is 5.88. The van der Waals surface area contributed by atoms with Crippen molar-refractivity contribution >= 4 is 0 Å². The zero-order valence-corrected chi connectivity index (χ0v) is 12.9. The van der Waals surface area contributed by atoms with Crippen LogP contribution in [0.2, 0.25) is 0 Å². The standard InChI is InChI=1S/C18H24N2O/c1-3-14-12-15(4-2)20(19-14)17-11-7-9-13-8-5-6-10-16(13)18(17)21/h5-6,8,10,12,17-18,21H,3-4,7,9,11H2,1-2H3. The third kappa shape index (κ3) is 2.62. The zero-order valence-electron chi connectivity index (χ0n) is 12.9. The molecule has 1 aliphatic carbocycles. The lowest BCUT2D eigenvalue weighted by Crippen LogP contribution is -2.20. The molecule has 2 unspecified atom stereocenters. The Balaban J connectivity index is 2.01. The molecule has 0 fully saturated rings. The molecule has 0 bridgehead atoms. The lowest BCUT2D eigenvalue weighted by Gasteiger charge is -2.24. The molecule has 3 heteroatoms. The predicted octanol–water partition coefficient (Wildman–Crippen LogP) is 3.62. The van der Waals surface area contributed by atoms with Crippen LogP contribution in [-0.2, 0) is 19.3 Å². The summed E-state index contributed by atoms with van der Waals surface area (Å²) in [5.74, 6) is 0. The van der Waals surface area contributed by atoms with Gasteiger partial charge in [-0.05, 0) is 49.3 Å². The maximum absolute atomic E-state index is 10.9. The molecular formula is C18H24N2O. The Labute approximate surface area is 126 Å². The lowest BCUT2D eigenvalue weighted by atomic mass is 9.99. The minimum atomic E-state index is -0.460. The van der Waals surface area contributed by atoms with Crippen LogP contribution >= 0.6 is 0 Å². The van der Waals surface area contributed by atoms with E-state index in [0.29, 0.717) is 0 Å². The Morgan fingerprint density at radius 2 is 2.05 bits per heavy atom. The Hall–Kier alpha value is -1.61. The summed E-state index contributed by atoms with van der Waals surface area (Å²) in [5, 5.41) is 15.6. The largest absolute Gasteiger partial charge is 0.386 e. The van der Waals surface area contributed by atoms with E-state index < -0.39 is 6.10 Å². The van der Waals surface area contributed by atoms with Crippen molar-refractivity contribution in [3.63, 3.8) is 0 Å². The summed E-state index contributed by atoms with van der Waals surface area (Å²) in [7, 11) is 0. The molecule has 112 valence electrons. The average molecular weight is 284 g/mol. The van der Waals surface area contributed by atoms with Crippen molar-refractivity contribution in [1.82, 2.24) is 9.78 Å². The number of aromatic nitrogens is 2. The first kappa shape index (κ1) is 14.3. The highest BCUT2D eigenvalue weighted by Gasteiger charge is 2.29. The molecule has 21 heavy (non-hydrogen) atoms. The first-order valence-corrected chi connectivity index (χ1v) is 8.07. The molecule has 2 atom stereocenters. The molecule has 2 aromatic rings. The fraction of sp³-hybridized carbons (Fsp3) is 0.500. The van der Waals surface area contributed by atoms with Crippen LogP contribution in [0.4, 0.5) is 0 Å². The van der Waals surface area contributed by atoms with E-state index in [2.05, 4.69) is 42.8 Å². The maximum Gasteiger partial charge on any atom is 0.102 e. The molecule has 0 saturated carbocycles. The summed E-state index contributed by atoms with van der Waals surface area (Å²) in [5.41, 5.74) is 4.72. The van der Waals surface area contributed by atoms with Gasteiger partial charge in [0.05, 0.1) is 11.7 Å². The van der Waals surface area contributed by atoms with Crippen LogP contribution in [0.25, 0.3) is 0 Å². The topological polar surface area (TPSA) is 38.0 Å². The van der Waals surface area contributed by atoms with E-state index in [1.807, 2.05) is 6.07 Å². The van der Waals surface area contributed by atoms with Gasteiger partial charge < -0.3 is 5.11 Å². The van der Waals surface area contributed by atoms with Crippen LogP contribution in [-0.4, -0.2) is 14.9 Å². The van der Waals surface area contributed by atoms with Crippen LogP contribution in [0, 0.1) is 0 Å². The number of benzene rings is 1. The Kier molecular flexibility index (Phi) is 4.11.